The lowest BCUT2D eigenvalue weighted by Crippen LogP contribution is -2.48. The fourth-order valence-corrected chi connectivity index (χ4v) is 3.77. The van der Waals surface area contributed by atoms with Crippen molar-refractivity contribution in [3.05, 3.63) is 42.5 Å². The van der Waals surface area contributed by atoms with Crippen molar-refractivity contribution in [2.45, 2.75) is 13.5 Å². The number of rotatable bonds is 3. The molecule has 0 saturated carbocycles. The van der Waals surface area contributed by atoms with Gasteiger partial charge in [-0.3, -0.25) is 0 Å². The molecule has 102 valence electrons. The van der Waals surface area contributed by atoms with Crippen LogP contribution in [-0.2, 0) is 6.54 Å². The lowest BCUT2D eigenvalue weighted by Gasteiger charge is -2.39. The molecule has 2 aromatic heterocycles. The van der Waals surface area contributed by atoms with Crippen LogP contribution in [0.2, 0.25) is 0 Å². The summed E-state index contributed by atoms with van der Waals surface area (Å²) in [5.41, 5.74) is 2.42. The van der Waals surface area contributed by atoms with E-state index in [4.69, 9.17) is 4.98 Å². The van der Waals surface area contributed by atoms with Crippen LogP contribution in [0.4, 0.5) is 5.13 Å². The lowest BCUT2D eigenvalue weighted by atomic mass is 10.0. The Morgan fingerprint density at radius 3 is 3.05 bits per heavy atom. The second-order valence-electron chi connectivity index (χ2n) is 5.50. The predicted molar refractivity (Wildman–Crippen MR) is 82.3 cm³/mol. The van der Waals surface area contributed by atoms with E-state index in [0.29, 0.717) is 5.92 Å². The number of nitrogens with zero attached hydrogens (tertiary/aromatic N) is 4. The third-order valence-corrected chi connectivity index (χ3v) is 4.87. The first kappa shape index (κ1) is 11.9. The van der Waals surface area contributed by atoms with E-state index >= 15 is 0 Å². The summed E-state index contributed by atoms with van der Waals surface area (Å²) >= 11 is 1.80. The summed E-state index contributed by atoms with van der Waals surface area (Å²) in [6.07, 6.45) is 5.76. The van der Waals surface area contributed by atoms with Gasteiger partial charge in [-0.05, 0) is 24.6 Å². The topological polar surface area (TPSA) is 34.0 Å². The van der Waals surface area contributed by atoms with Gasteiger partial charge in [0.15, 0.2) is 5.13 Å². The van der Waals surface area contributed by atoms with Crippen molar-refractivity contribution in [2.24, 2.45) is 5.92 Å². The summed E-state index contributed by atoms with van der Waals surface area (Å²) < 4.78 is 3.45. The number of anilines is 1. The quantitative estimate of drug-likeness (QED) is 0.741. The molecule has 0 atom stereocenters. The van der Waals surface area contributed by atoms with Crippen molar-refractivity contribution >= 4 is 26.7 Å². The first-order valence-electron chi connectivity index (χ1n) is 6.86. The van der Waals surface area contributed by atoms with E-state index in [0.717, 1.165) is 30.3 Å². The molecule has 0 unspecified atom stereocenters. The van der Waals surface area contributed by atoms with Crippen molar-refractivity contribution in [2.75, 3.05) is 18.0 Å². The molecule has 0 N–H and O–H groups in total. The molecule has 3 heterocycles. The van der Waals surface area contributed by atoms with E-state index in [9.17, 15) is 0 Å². The normalized spacial score (nSPS) is 15.8. The predicted octanol–water partition coefficient (Wildman–Crippen LogP) is 2.94. The van der Waals surface area contributed by atoms with Crippen molar-refractivity contribution in [1.82, 2.24) is 14.5 Å². The minimum atomic E-state index is 0.706. The Balaban J connectivity index is 1.46. The Morgan fingerprint density at radius 2 is 2.25 bits per heavy atom. The molecule has 5 heteroatoms. The Morgan fingerprint density at radius 1 is 1.35 bits per heavy atom. The summed E-state index contributed by atoms with van der Waals surface area (Å²) in [4.78, 5) is 11.2. The van der Waals surface area contributed by atoms with Gasteiger partial charge in [0.05, 0.1) is 16.5 Å². The van der Waals surface area contributed by atoms with Gasteiger partial charge in [0.25, 0.3) is 0 Å². The number of aryl methyl sites for hydroxylation is 1. The van der Waals surface area contributed by atoms with Crippen LogP contribution in [0.3, 0.4) is 0 Å². The van der Waals surface area contributed by atoms with Gasteiger partial charge in [-0.2, -0.15) is 0 Å². The van der Waals surface area contributed by atoms with E-state index in [2.05, 4.69) is 39.6 Å². The van der Waals surface area contributed by atoms with Crippen LogP contribution < -0.4 is 4.90 Å². The second kappa shape index (κ2) is 4.59. The summed E-state index contributed by atoms with van der Waals surface area (Å²) in [5.74, 6) is 0.706. The van der Waals surface area contributed by atoms with Crippen LogP contribution in [0, 0.1) is 12.8 Å². The molecular weight excluding hydrogens is 268 g/mol. The monoisotopic (exact) mass is 284 g/mol. The van der Waals surface area contributed by atoms with Gasteiger partial charge in [0.1, 0.15) is 0 Å². The highest BCUT2D eigenvalue weighted by atomic mass is 32.1. The molecule has 0 radical (unpaired) electrons. The molecular formula is C15H16N4S. The first-order chi connectivity index (χ1) is 9.78. The fraction of sp³-hybridized carbons (Fsp3) is 0.333. The SMILES string of the molecule is Cc1ccc2nc(N3CC(Cn4ccnc4)C3)sc2c1. The van der Waals surface area contributed by atoms with Crippen molar-refractivity contribution in [3.63, 3.8) is 0 Å². The van der Waals surface area contributed by atoms with Gasteiger partial charge in [-0.25, -0.2) is 9.97 Å². The third kappa shape index (κ3) is 2.08. The summed E-state index contributed by atoms with van der Waals surface area (Å²) in [6, 6.07) is 6.47. The van der Waals surface area contributed by atoms with E-state index in [1.165, 1.54) is 10.3 Å². The van der Waals surface area contributed by atoms with Gasteiger partial charge < -0.3 is 9.47 Å². The zero-order chi connectivity index (χ0) is 13.5. The highest BCUT2D eigenvalue weighted by Crippen LogP contribution is 2.33. The van der Waals surface area contributed by atoms with Crippen LogP contribution in [0.15, 0.2) is 36.9 Å². The smallest absolute Gasteiger partial charge is 0.186 e. The number of fused-ring (bicyclic) bond motifs is 1. The fourth-order valence-electron chi connectivity index (χ4n) is 2.69. The van der Waals surface area contributed by atoms with Gasteiger partial charge in [0, 0.05) is 37.9 Å². The molecule has 0 bridgehead atoms. The second-order valence-corrected chi connectivity index (χ2v) is 6.51. The maximum Gasteiger partial charge on any atom is 0.186 e. The highest BCUT2D eigenvalue weighted by molar-refractivity contribution is 7.22. The van der Waals surface area contributed by atoms with Gasteiger partial charge in [-0.1, -0.05) is 17.4 Å². The van der Waals surface area contributed by atoms with Crippen LogP contribution in [-0.4, -0.2) is 27.6 Å². The number of hydrogen-bond donors (Lipinski definition) is 0. The van der Waals surface area contributed by atoms with Crippen LogP contribution >= 0.6 is 11.3 Å². The summed E-state index contributed by atoms with van der Waals surface area (Å²) in [5, 5.41) is 1.16. The zero-order valence-corrected chi connectivity index (χ0v) is 12.2. The molecule has 20 heavy (non-hydrogen) atoms. The van der Waals surface area contributed by atoms with Gasteiger partial charge in [-0.15, -0.1) is 0 Å². The molecule has 0 spiro atoms. The minimum Gasteiger partial charge on any atom is -0.347 e. The lowest BCUT2D eigenvalue weighted by molar-refractivity contribution is 0.357. The largest absolute Gasteiger partial charge is 0.347 e. The van der Waals surface area contributed by atoms with Crippen molar-refractivity contribution in [1.29, 1.82) is 0 Å². The maximum absolute atomic E-state index is 4.73. The van der Waals surface area contributed by atoms with Crippen molar-refractivity contribution < 1.29 is 0 Å². The van der Waals surface area contributed by atoms with Gasteiger partial charge >= 0.3 is 0 Å². The molecule has 4 nitrogen and oxygen atoms in total. The molecule has 1 aliphatic heterocycles. The average molecular weight is 284 g/mol. The van der Waals surface area contributed by atoms with Crippen molar-refractivity contribution in [3.8, 4) is 0 Å². The number of thiazole rings is 1. The molecule has 1 saturated heterocycles. The standard InChI is InChI=1S/C15H16N4S/c1-11-2-3-13-14(6-11)20-15(17-13)19-8-12(9-19)7-18-5-4-16-10-18/h2-6,10,12H,7-9H2,1H3. The van der Waals surface area contributed by atoms with Gasteiger partial charge in [0.2, 0.25) is 0 Å². The zero-order valence-electron chi connectivity index (χ0n) is 11.4. The molecule has 0 aliphatic carbocycles. The van der Waals surface area contributed by atoms with Crippen LogP contribution in [0.5, 0.6) is 0 Å². The molecule has 3 aromatic rings. The van der Waals surface area contributed by atoms with E-state index in [1.54, 1.807) is 11.3 Å². The number of aromatic nitrogens is 3. The van der Waals surface area contributed by atoms with E-state index in [1.807, 2.05) is 18.7 Å². The Bertz CT molecular complexity index is 726. The molecule has 4 rings (SSSR count). The highest BCUT2D eigenvalue weighted by Gasteiger charge is 2.29. The molecule has 0 amide bonds. The number of hydrogen-bond acceptors (Lipinski definition) is 4. The van der Waals surface area contributed by atoms with E-state index in [-0.39, 0.29) is 0 Å². The Kier molecular flexibility index (Phi) is 2.73. The molecule has 1 aliphatic rings. The molecule has 1 fully saturated rings. The Hall–Kier alpha value is -1.88. The Labute approximate surface area is 121 Å². The third-order valence-electron chi connectivity index (χ3n) is 3.79. The minimum absolute atomic E-state index is 0.706. The van der Waals surface area contributed by atoms with Crippen LogP contribution in [0.1, 0.15) is 5.56 Å². The van der Waals surface area contributed by atoms with E-state index < -0.39 is 0 Å². The summed E-state index contributed by atoms with van der Waals surface area (Å²) in [7, 11) is 0. The van der Waals surface area contributed by atoms with Crippen LogP contribution in [0.25, 0.3) is 10.2 Å². The number of imidazole rings is 1. The number of benzene rings is 1. The summed E-state index contributed by atoms with van der Waals surface area (Å²) in [6.45, 7) is 5.37. The maximum atomic E-state index is 4.73. The average Bonchev–Trinajstić information content (AvgIpc) is 3.01. The molecule has 1 aromatic carbocycles. The first-order valence-corrected chi connectivity index (χ1v) is 7.67.